The fraction of sp³-hybridized carbons (Fsp3) is 0.889. The molecular formula is C9H16O2. The molecule has 0 unspecified atom stereocenters. The number of aldehydes is 1. The van der Waals surface area contributed by atoms with E-state index in [9.17, 15) is 4.79 Å². The summed E-state index contributed by atoms with van der Waals surface area (Å²) in [6.07, 6.45) is 6.03. The van der Waals surface area contributed by atoms with Gasteiger partial charge in [0.2, 0.25) is 0 Å². The smallest absolute Gasteiger partial charge is 0.145 e. The molecule has 0 bridgehead atoms. The second-order valence-electron chi connectivity index (χ2n) is 3.39. The molecule has 0 aliphatic heterocycles. The van der Waals surface area contributed by atoms with E-state index in [4.69, 9.17) is 4.74 Å². The van der Waals surface area contributed by atoms with Crippen LogP contribution in [0.15, 0.2) is 0 Å². The van der Waals surface area contributed by atoms with Gasteiger partial charge >= 0.3 is 0 Å². The minimum Gasteiger partial charge on any atom is -0.371 e. The standard InChI is InChI=1S/C9H16O2/c1-8-3-2-4-9(7-8)11-6-5-10/h5,8-9H,2-4,6-7H2,1H3/t8-,9+/m0/s1. The molecule has 1 saturated carbocycles. The van der Waals surface area contributed by atoms with E-state index in [0.29, 0.717) is 6.10 Å². The van der Waals surface area contributed by atoms with Gasteiger partial charge < -0.3 is 9.53 Å². The summed E-state index contributed by atoms with van der Waals surface area (Å²) in [5.41, 5.74) is 0. The molecule has 1 fully saturated rings. The van der Waals surface area contributed by atoms with Gasteiger partial charge in [0.25, 0.3) is 0 Å². The Kier molecular flexibility index (Phi) is 3.57. The number of rotatable bonds is 3. The van der Waals surface area contributed by atoms with Crippen molar-refractivity contribution < 1.29 is 9.53 Å². The lowest BCUT2D eigenvalue weighted by molar-refractivity contribution is -0.114. The Balaban J connectivity index is 2.17. The van der Waals surface area contributed by atoms with Gasteiger partial charge in [-0.05, 0) is 18.8 Å². The fourth-order valence-corrected chi connectivity index (χ4v) is 1.71. The number of carbonyl (C=O) groups excluding carboxylic acids is 1. The van der Waals surface area contributed by atoms with Gasteiger partial charge in [-0.15, -0.1) is 0 Å². The maximum Gasteiger partial charge on any atom is 0.145 e. The normalized spacial score (nSPS) is 31.7. The van der Waals surface area contributed by atoms with E-state index < -0.39 is 0 Å². The van der Waals surface area contributed by atoms with Crippen molar-refractivity contribution in [3.05, 3.63) is 0 Å². The molecule has 0 spiro atoms. The molecule has 1 aliphatic carbocycles. The van der Waals surface area contributed by atoms with E-state index in [-0.39, 0.29) is 6.61 Å². The lowest BCUT2D eigenvalue weighted by Crippen LogP contribution is -2.22. The first kappa shape index (κ1) is 8.72. The molecule has 2 nitrogen and oxygen atoms in total. The van der Waals surface area contributed by atoms with E-state index >= 15 is 0 Å². The summed E-state index contributed by atoms with van der Waals surface area (Å²) in [6.45, 7) is 2.52. The van der Waals surface area contributed by atoms with Crippen LogP contribution in [-0.4, -0.2) is 19.0 Å². The highest BCUT2D eigenvalue weighted by molar-refractivity contribution is 5.50. The van der Waals surface area contributed by atoms with Crippen LogP contribution in [0.5, 0.6) is 0 Å². The van der Waals surface area contributed by atoms with Gasteiger partial charge in [-0.2, -0.15) is 0 Å². The Morgan fingerprint density at radius 1 is 1.55 bits per heavy atom. The van der Waals surface area contributed by atoms with Crippen molar-refractivity contribution in [1.82, 2.24) is 0 Å². The van der Waals surface area contributed by atoms with Gasteiger partial charge in [0.05, 0.1) is 6.10 Å². The molecule has 1 rings (SSSR count). The maximum atomic E-state index is 10.0. The average Bonchev–Trinajstić information content (AvgIpc) is 2.01. The number of ether oxygens (including phenoxy) is 1. The molecule has 2 atom stereocenters. The molecule has 11 heavy (non-hydrogen) atoms. The Hall–Kier alpha value is -0.370. The van der Waals surface area contributed by atoms with Crippen molar-refractivity contribution in [2.24, 2.45) is 5.92 Å². The highest BCUT2D eigenvalue weighted by Gasteiger charge is 2.18. The predicted molar refractivity (Wildman–Crippen MR) is 43.4 cm³/mol. The zero-order valence-corrected chi connectivity index (χ0v) is 7.08. The van der Waals surface area contributed by atoms with Crippen LogP contribution in [0.25, 0.3) is 0 Å². The lowest BCUT2D eigenvalue weighted by Gasteiger charge is -2.25. The van der Waals surface area contributed by atoms with Gasteiger partial charge in [0, 0.05) is 0 Å². The second-order valence-corrected chi connectivity index (χ2v) is 3.39. The van der Waals surface area contributed by atoms with Gasteiger partial charge in [0.15, 0.2) is 0 Å². The van der Waals surface area contributed by atoms with Crippen LogP contribution in [0.2, 0.25) is 0 Å². The quantitative estimate of drug-likeness (QED) is 0.582. The number of carbonyl (C=O) groups is 1. The van der Waals surface area contributed by atoms with Crippen molar-refractivity contribution in [2.75, 3.05) is 6.61 Å². The molecule has 1 aliphatic rings. The molecule has 0 heterocycles. The summed E-state index contributed by atoms with van der Waals surface area (Å²) in [5, 5.41) is 0. The summed E-state index contributed by atoms with van der Waals surface area (Å²) in [4.78, 5) is 10.0. The zero-order chi connectivity index (χ0) is 8.10. The van der Waals surface area contributed by atoms with Crippen molar-refractivity contribution in [1.29, 1.82) is 0 Å². The van der Waals surface area contributed by atoms with Crippen LogP contribution in [-0.2, 0) is 9.53 Å². The monoisotopic (exact) mass is 156 g/mol. The highest BCUT2D eigenvalue weighted by atomic mass is 16.5. The van der Waals surface area contributed by atoms with Crippen LogP contribution >= 0.6 is 0 Å². The van der Waals surface area contributed by atoms with Gasteiger partial charge in [-0.3, -0.25) is 0 Å². The van der Waals surface area contributed by atoms with Crippen molar-refractivity contribution in [3.8, 4) is 0 Å². The van der Waals surface area contributed by atoms with E-state index in [2.05, 4.69) is 6.92 Å². The highest BCUT2D eigenvalue weighted by Crippen LogP contribution is 2.25. The Morgan fingerprint density at radius 3 is 3.00 bits per heavy atom. The zero-order valence-electron chi connectivity index (χ0n) is 7.08. The van der Waals surface area contributed by atoms with Crippen molar-refractivity contribution >= 4 is 6.29 Å². The van der Waals surface area contributed by atoms with Crippen molar-refractivity contribution in [2.45, 2.75) is 38.7 Å². The molecule has 2 heteroatoms. The van der Waals surface area contributed by atoms with Crippen molar-refractivity contribution in [3.63, 3.8) is 0 Å². The lowest BCUT2D eigenvalue weighted by atomic mass is 9.89. The van der Waals surface area contributed by atoms with Crippen LogP contribution < -0.4 is 0 Å². The maximum absolute atomic E-state index is 10.0. The number of hydrogen-bond acceptors (Lipinski definition) is 2. The first-order valence-corrected chi connectivity index (χ1v) is 4.38. The van der Waals surface area contributed by atoms with E-state index in [0.717, 1.165) is 25.0 Å². The van der Waals surface area contributed by atoms with E-state index in [1.165, 1.54) is 12.8 Å². The molecule has 0 amide bonds. The molecule has 64 valence electrons. The molecule has 0 aromatic heterocycles. The summed E-state index contributed by atoms with van der Waals surface area (Å²) >= 11 is 0. The largest absolute Gasteiger partial charge is 0.371 e. The molecule has 0 aromatic carbocycles. The van der Waals surface area contributed by atoms with E-state index in [1.807, 2.05) is 0 Å². The first-order chi connectivity index (χ1) is 5.33. The fourth-order valence-electron chi connectivity index (χ4n) is 1.71. The Morgan fingerprint density at radius 2 is 2.36 bits per heavy atom. The third-order valence-electron chi connectivity index (χ3n) is 2.29. The SMILES string of the molecule is C[C@H]1CCC[C@@H](OCC=O)C1. The predicted octanol–water partition coefficient (Wildman–Crippen LogP) is 1.78. The Labute approximate surface area is 67.9 Å². The minimum absolute atomic E-state index is 0.275. The average molecular weight is 156 g/mol. The molecular weight excluding hydrogens is 140 g/mol. The second kappa shape index (κ2) is 4.50. The summed E-state index contributed by atoms with van der Waals surface area (Å²) in [5.74, 6) is 0.778. The third kappa shape index (κ3) is 3.02. The molecule has 0 radical (unpaired) electrons. The topological polar surface area (TPSA) is 26.3 Å². The first-order valence-electron chi connectivity index (χ1n) is 4.38. The van der Waals surface area contributed by atoms with Gasteiger partial charge in [-0.1, -0.05) is 19.8 Å². The summed E-state index contributed by atoms with van der Waals surface area (Å²) in [6, 6.07) is 0. The molecule has 0 saturated heterocycles. The van der Waals surface area contributed by atoms with Gasteiger partial charge in [-0.25, -0.2) is 0 Å². The van der Waals surface area contributed by atoms with Crippen LogP contribution in [0.3, 0.4) is 0 Å². The molecule has 0 aromatic rings. The van der Waals surface area contributed by atoms with E-state index in [1.54, 1.807) is 0 Å². The number of hydrogen-bond donors (Lipinski definition) is 0. The van der Waals surface area contributed by atoms with Crippen LogP contribution in [0.1, 0.15) is 32.6 Å². The van der Waals surface area contributed by atoms with Gasteiger partial charge in [0.1, 0.15) is 12.9 Å². The van der Waals surface area contributed by atoms with Crippen LogP contribution in [0, 0.1) is 5.92 Å². The minimum atomic E-state index is 0.275. The molecule has 0 N–H and O–H groups in total. The summed E-state index contributed by atoms with van der Waals surface area (Å²) < 4.78 is 5.33. The Bertz CT molecular complexity index is 123. The van der Waals surface area contributed by atoms with Crippen LogP contribution in [0.4, 0.5) is 0 Å². The third-order valence-corrected chi connectivity index (χ3v) is 2.29. The summed E-state index contributed by atoms with van der Waals surface area (Å²) in [7, 11) is 0.